The molecule has 1 atom stereocenters. The maximum absolute atomic E-state index is 13.9. The van der Waals surface area contributed by atoms with Gasteiger partial charge in [0.15, 0.2) is 0 Å². The monoisotopic (exact) mass is 521 g/mol. The van der Waals surface area contributed by atoms with Crippen LogP contribution in [0.15, 0.2) is 97.2 Å². The minimum absolute atomic E-state index is 0.141. The average Bonchev–Trinajstić information content (AvgIpc) is 3.50. The molecule has 3 heterocycles. The van der Waals surface area contributed by atoms with Crippen molar-refractivity contribution in [2.24, 2.45) is 0 Å². The van der Waals surface area contributed by atoms with Gasteiger partial charge in [0.1, 0.15) is 5.82 Å². The van der Waals surface area contributed by atoms with E-state index in [0.717, 1.165) is 39.6 Å². The van der Waals surface area contributed by atoms with Gasteiger partial charge < -0.3 is 14.8 Å². The Labute approximate surface area is 227 Å². The van der Waals surface area contributed by atoms with Crippen LogP contribution >= 0.6 is 11.6 Å². The summed E-state index contributed by atoms with van der Waals surface area (Å²) in [5.41, 5.74) is 7.07. The second kappa shape index (κ2) is 9.88. The Morgan fingerprint density at radius 2 is 1.68 bits per heavy atom. The zero-order valence-electron chi connectivity index (χ0n) is 21.3. The van der Waals surface area contributed by atoms with E-state index >= 15 is 0 Å². The summed E-state index contributed by atoms with van der Waals surface area (Å²) in [6.45, 7) is 4.91. The third-order valence-corrected chi connectivity index (χ3v) is 7.35. The first kappa shape index (κ1) is 24.1. The number of carbonyl (C=O) groups is 1. The molecule has 0 radical (unpaired) electrons. The van der Waals surface area contributed by atoms with Crippen molar-refractivity contribution in [2.45, 2.75) is 33.0 Å². The number of fused-ring (bicyclic) bond motifs is 3. The number of urea groups is 1. The Hall–Kier alpha value is -4.29. The van der Waals surface area contributed by atoms with E-state index in [0.29, 0.717) is 18.1 Å². The van der Waals surface area contributed by atoms with Crippen LogP contribution in [0.5, 0.6) is 0 Å². The molecule has 2 amide bonds. The van der Waals surface area contributed by atoms with Crippen LogP contribution in [0.1, 0.15) is 39.7 Å². The number of rotatable bonds is 4. The molecule has 1 N–H and O–H groups in total. The Bertz CT molecular complexity index is 1590. The van der Waals surface area contributed by atoms with Gasteiger partial charge in [0, 0.05) is 23.3 Å². The molecule has 0 saturated heterocycles. The molecule has 0 aliphatic carbocycles. The summed E-state index contributed by atoms with van der Waals surface area (Å²) in [5, 5.41) is 8.73. The zero-order chi connectivity index (χ0) is 26.2. The number of nitrogens with zero attached hydrogens (tertiary/aromatic N) is 4. The van der Waals surface area contributed by atoms with Gasteiger partial charge in [-0.25, -0.2) is 9.48 Å². The minimum Gasteiger partial charge on any atom is -0.334 e. The van der Waals surface area contributed by atoms with E-state index in [-0.39, 0.29) is 12.1 Å². The largest absolute Gasteiger partial charge is 0.334 e. The Morgan fingerprint density at radius 3 is 2.42 bits per heavy atom. The summed E-state index contributed by atoms with van der Waals surface area (Å²) >= 11 is 6.24. The first-order valence-electron chi connectivity index (χ1n) is 12.7. The SMILES string of the molecule is Cc1ccc(CNC(=O)N2Cc3c(C)nn(-c4ccccc4)c3-n3cccc3[C@@H]2c2ccc(Cl)cc2)cc1. The average molecular weight is 522 g/mol. The van der Waals surface area contributed by atoms with Gasteiger partial charge in [-0.3, -0.25) is 0 Å². The first-order chi connectivity index (χ1) is 18.5. The fraction of sp³-hybridized carbons (Fsp3) is 0.161. The molecular weight excluding hydrogens is 494 g/mol. The maximum Gasteiger partial charge on any atom is 0.318 e. The Balaban J connectivity index is 1.47. The van der Waals surface area contributed by atoms with E-state index in [1.54, 1.807) is 0 Å². The molecule has 0 unspecified atom stereocenters. The number of para-hydroxylation sites is 1. The van der Waals surface area contributed by atoms with E-state index < -0.39 is 0 Å². The van der Waals surface area contributed by atoms with Crippen molar-refractivity contribution >= 4 is 17.6 Å². The van der Waals surface area contributed by atoms with E-state index in [2.05, 4.69) is 35.0 Å². The van der Waals surface area contributed by atoms with E-state index in [9.17, 15) is 4.79 Å². The van der Waals surface area contributed by atoms with Gasteiger partial charge >= 0.3 is 6.03 Å². The molecule has 0 spiro atoms. The number of hydrogen-bond acceptors (Lipinski definition) is 2. The molecule has 190 valence electrons. The number of hydrogen-bond donors (Lipinski definition) is 1. The van der Waals surface area contributed by atoms with Gasteiger partial charge in [0.25, 0.3) is 0 Å². The highest BCUT2D eigenvalue weighted by Crippen LogP contribution is 2.38. The van der Waals surface area contributed by atoms with Crippen molar-refractivity contribution < 1.29 is 4.79 Å². The summed E-state index contributed by atoms with van der Waals surface area (Å²) in [6.07, 6.45) is 2.05. The van der Waals surface area contributed by atoms with E-state index in [4.69, 9.17) is 16.7 Å². The van der Waals surface area contributed by atoms with Crippen molar-refractivity contribution in [2.75, 3.05) is 0 Å². The molecule has 0 fully saturated rings. The number of benzene rings is 3. The van der Waals surface area contributed by atoms with Crippen LogP contribution in [0.25, 0.3) is 11.5 Å². The minimum atomic E-state index is -0.323. The van der Waals surface area contributed by atoms with Crippen molar-refractivity contribution in [1.82, 2.24) is 24.6 Å². The van der Waals surface area contributed by atoms with Crippen molar-refractivity contribution in [3.8, 4) is 11.5 Å². The normalized spacial score (nSPS) is 14.5. The summed E-state index contributed by atoms with van der Waals surface area (Å²) in [5.74, 6) is 0.946. The van der Waals surface area contributed by atoms with Crippen LogP contribution < -0.4 is 5.32 Å². The first-order valence-corrected chi connectivity index (χ1v) is 13.0. The van der Waals surface area contributed by atoms with Crippen LogP contribution in [0.4, 0.5) is 4.79 Å². The van der Waals surface area contributed by atoms with Gasteiger partial charge in [0.05, 0.1) is 29.7 Å². The molecular formula is C31H28ClN5O. The summed E-state index contributed by atoms with van der Waals surface area (Å²) in [6, 6.07) is 29.7. The Kier molecular flexibility index (Phi) is 6.26. The predicted octanol–water partition coefficient (Wildman–Crippen LogP) is 6.75. The number of amides is 2. The summed E-state index contributed by atoms with van der Waals surface area (Å²) in [4.78, 5) is 15.8. The molecule has 6 nitrogen and oxygen atoms in total. The van der Waals surface area contributed by atoms with E-state index in [1.807, 2.05) is 95.5 Å². The van der Waals surface area contributed by atoms with Crippen LogP contribution in [0.2, 0.25) is 5.02 Å². The standard InChI is InChI=1S/C31H28ClN5O/c1-21-10-12-23(13-11-21)19-33-31(38)36-20-27-22(2)34-37(26-7-4-3-5-8-26)30(27)35-18-6-9-28(35)29(36)24-14-16-25(32)17-15-24/h3-18,29H,19-20H2,1-2H3,(H,33,38)/t29-/m0/s1. The third kappa shape index (κ3) is 4.37. The Morgan fingerprint density at radius 1 is 0.947 bits per heavy atom. The number of nitrogens with one attached hydrogen (secondary N) is 1. The number of halogens is 1. The van der Waals surface area contributed by atoms with Crippen LogP contribution in [0, 0.1) is 13.8 Å². The molecule has 38 heavy (non-hydrogen) atoms. The van der Waals surface area contributed by atoms with Crippen LogP contribution in [-0.4, -0.2) is 25.3 Å². The molecule has 0 bridgehead atoms. The maximum atomic E-state index is 13.9. The third-order valence-electron chi connectivity index (χ3n) is 7.10. The summed E-state index contributed by atoms with van der Waals surface area (Å²) < 4.78 is 4.13. The van der Waals surface area contributed by atoms with Crippen LogP contribution in [-0.2, 0) is 13.1 Å². The highest BCUT2D eigenvalue weighted by Gasteiger charge is 2.35. The van der Waals surface area contributed by atoms with Gasteiger partial charge in [-0.2, -0.15) is 5.10 Å². The lowest BCUT2D eigenvalue weighted by Gasteiger charge is -2.31. The highest BCUT2D eigenvalue weighted by atomic mass is 35.5. The fourth-order valence-electron chi connectivity index (χ4n) is 5.13. The van der Waals surface area contributed by atoms with Gasteiger partial charge in [-0.15, -0.1) is 0 Å². The highest BCUT2D eigenvalue weighted by molar-refractivity contribution is 6.30. The number of aromatic nitrogens is 3. The second-order valence-corrected chi connectivity index (χ2v) is 10.1. The quantitative estimate of drug-likeness (QED) is 0.284. The van der Waals surface area contributed by atoms with E-state index in [1.165, 1.54) is 5.56 Å². The topological polar surface area (TPSA) is 55.1 Å². The molecule has 6 rings (SSSR count). The zero-order valence-corrected chi connectivity index (χ0v) is 22.1. The molecule has 3 aromatic carbocycles. The second-order valence-electron chi connectivity index (χ2n) is 9.66. The molecule has 7 heteroatoms. The number of carbonyl (C=O) groups excluding carboxylic acids is 1. The van der Waals surface area contributed by atoms with Crippen molar-refractivity contribution in [3.05, 3.63) is 136 Å². The fourth-order valence-corrected chi connectivity index (χ4v) is 5.26. The van der Waals surface area contributed by atoms with Gasteiger partial charge in [-0.1, -0.05) is 71.8 Å². The lowest BCUT2D eigenvalue weighted by atomic mass is 10.0. The molecule has 2 aromatic heterocycles. The molecule has 1 aliphatic heterocycles. The van der Waals surface area contributed by atoms with Gasteiger partial charge in [-0.05, 0) is 61.4 Å². The summed E-state index contributed by atoms with van der Waals surface area (Å²) in [7, 11) is 0. The van der Waals surface area contributed by atoms with Crippen molar-refractivity contribution in [3.63, 3.8) is 0 Å². The molecule has 0 saturated carbocycles. The smallest absolute Gasteiger partial charge is 0.318 e. The molecule has 5 aromatic rings. The van der Waals surface area contributed by atoms with Gasteiger partial charge in [0.2, 0.25) is 0 Å². The molecule has 1 aliphatic rings. The number of aryl methyl sites for hydroxylation is 2. The lowest BCUT2D eigenvalue weighted by Crippen LogP contribution is -2.41. The van der Waals surface area contributed by atoms with Crippen molar-refractivity contribution in [1.29, 1.82) is 0 Å². The van der Waals surface area contributed by atoms with Crippen LogP contribution in [0.3, 0.4) is 0 Å². The predicted molar refractivity (Wildman–Crippen MR) is 150 cm³/mol. The lowest BCUT2D eigenvalue weighted by molar-refractivity contribution is 0.180.